The van der Waals surface area contributed by atoms with E-state index in [1.807, 2.05) is 24.3 Å². The molecule has 0 saturated heterocycles. The van der Waals surface area contributed by atoms with E-state index in [1.165, 1.54) is 0 Å². The maximum atomic E-state index is 6.68. The molecule has 1 saturated carbocycles. The predicted molar refractivity (Wildman–Crippen MR) is 80.5 cm³/mol. The Hall–Kier alpha value is -0.470. The number of hydrogen-bond acceptors (Lipinski definition) is 3. The van der Waals surface area contributed by atoms with Crippen LogP contribution in [0.5, 0.6) is 11.5 Å². The van der Waals surface area contributed by atoms with Crippen LogP contribution in [0.1, 0.15) is 25.7 Å². The van der Waals surface area contributed by atoms with E-state index in [0.717, 1.165) is 25.7 Å². The van der Waals surface area contributed by atoms with Gasteiger partial charge < -0.3 is 0 Å². The molecule has 1 fully saturated rings. The third kappa shape index (κ3) is 1.88. The van der Waals surface area contributed by atoms with Gasteiger partial charge in [-0.3, -0.25) is 9.05 Å². The van der Waals surface area contributed by atoms with Crippen LogP contribution in [-0.2, 0) is 4.52 Å². The molecular formula is C14H14Cl2O3P+. The predicted octanol–water partition coefficient (Wildman–Crippen LogP) is 5.25. The molecule has 0 amide bonds. The number of benzene rings is 1. The topological polar surface area (TPSA) is 27.7 Å². The van der Waals surface area contributed by atoms with Crippen molar-refractivity contribution in [1.29, 1.82) is 0 Å². The van der Waals surface area contributed by atoms with Gasteiger partial charge in [0.15, 0.2) is 5.82 Å². The number of rotatable bonds is 0. The van der Waals surface area contributed by atoms with Gasteiger partial charge in [-0.05, 0) is 25.0 Å². The van der Waals surface area contributed by atoms with Crippen molar-refractivity contribution in [2.24, 2.45) is 0 Å². The highest BCUT2D eigenvalue weighted by atomic mass is 35.5. The highest BCUT2D eigenvalue weighted by Crippen LogP contribution is 2.74. The van der Waals surface area contributed by atoms with Crippen molar-refractivity contribution in [3.63, 3.8) is 0 Å². The molecule has 6 heteroatoms. The second kappa shape index (κ2) is 4.51. The first-order chi connectivity index (χ1) is 9.61. The van der Waals surface area contributed by atoms with Crippen molar-refractivity contribution >= 4 is 31.1 Å². The van der Waals surface area contributed by atoms with Crippen LogP contribution in [0.4, 0.5) is 0 Å². The minimum absolute atomic E-state index is 0.141. The summed E-state index contributed by atoms with van der Waals surface area (Å²) in [4.78, 5) is -0.605. The number of para-hydroxylation sites is 2. The van der Waals surface area contributed by atoms with Gasteiger partial charge in [-0.25, -0.2) is 0 Å². The third-order valence-corrected chi connectivity index (χ3v) is 7.37. The molecule has 2 aliphatic heterocycles. The molecule has 2 unspecified atom stereocenters. The minimum atomic E-state index is -2.59. The van der Waals surface area contributed by atoms with Crippen LogP contribution in [-0.4, -0.2) is 11.0 Å². The summed E-state index contributed by atoms with van der Waals surface area (Å²) in [5, 5.41) is 0.608. The zero-order valence-corrected chi connectivity index (χ0v) is 13.1. The quantitative estimate of drug-likeness (QED) is 0.480. The Morgan fingerprint density at radius 2 is 1.85 bits per heavy atom. The molecule has 0 aromatic heterocycles. The largest absolute Gasteiger partial charge is 0.529 e. The molecule has 1 aromatic carbocycles. The van der Waals surface area contributed by atoms with Crippen LogP contribution in [0.25, 0.3) is 0 Å². The van der Waals surface area contributed by atoms with E-state index in [0.29, 0.717) is 16.5 Å². The number of halogens is 2. The van der Waals surface area contributed by atoms with Crippen LogP contribution >= 0.6 is 31.1 Å². The Morgan fingerprint density at radius 3 is 2.55 bits per heavy atom. The van der Waals surface area contributed by atoms with Gasteiger partial charge in [0.05, 0.1) is 5.03 Å². The summed E-state index contributed by atoms with van der Waals surface area (Å²) in [6.45, 7) is 0. The van der Waals surface area contributed by atoms with Crippen molar-refractivity contribution in [2.75, 3.05) is 0 Å². The van der Waals surface area contributed by atoms with E-state index >= 15 is 0 Å². The molecule has 106 valence electrons. The van der Waals surface area contributed by atoms with Crippen LogP contribution < -0.4 is 9.05 Å². The number of fused-ring (bicyclic) bond motifs is 2. The highest BCUT2D eigenvalue weighted by molar-refractivity contribution is 7.66. The van der Waals surface area contributed by atoms with Crippen molar-refractivity contribution in [3.8, 4) is 11.5 Å². The van der Waals surface area contributed by atoms with Gasteiger partial charge in [0.25, 0.3) is 0 Å². The molecule has 2 atom stereocenters. The summed E-state index contributed by atoms with van der Waals surface area (Å²) in [6.07, 6.45) is 3.75. The molecule has 3 aliphatic rings. The molecule has 4 rings (SSSR count). The lowest BCUT2D eigenvalue weighted by Gasteiger charge is -2.40. The summed E-state index contributed by atoms with van der Waals surface area (Å²) >= 11 is 13.1. The monoisotopic (exact) mass is 331 g/mol. The fourth-order valence-corrected chi connectivity index (χ4v) is 6.30. The molecule has 1 aromatic rings. The smallest absolute Gasteiger partial charge is 0.270 e. The maximum Gasteiger partial charge on any atom is 0.529 e. The van der Waals surface area contributed by atoms with E-state index in [4.69, 9.17) is 36.8 Å². The molecule has 1 aliphatic carbocycles. The van der Waals surface area contributed by atoms with Crippen molar-refractivity contribution < 1.29 is 13.6 Å². The molecule has 0 bridgehead atoms. The molecule has 0 N–H and O–H groups in total. The Morgan fingerprint density at radius 1 is 1.15 bits per heavy atom. The number of alkyl halides is 1. The molecule has 2 heterocycles. The molecule has 0 radical (unpaired) electrons. The SMILES string of the molecule is ClC1=C[P+]2(Oc3ccccc3O2)OC2CCCCC12Cl. The lowest BCUT2D eigenvalue weighted by molar-refractivity contribution is 0.107. The van der Waals surface area contributed by atoms with Gasteiger partial charge in [0.2, 0.25) is 11.5 Å². The number of hydrogen-bond donors (Lipinski definition) is 0. The fourth-order valence-electron chi connectivity index (χ4n) is 2.95. The normalized spacial score (nSPS) is 33.7. The molecule has 20 heavy (non-hydrogen) atoms. The van der Waals surface area contributed by atoms with Crippen LogP contribution in [0.2, 0.25) is 0 Å². The van der Waals surface area contributed by atoms with Gasteiger partial charge in [-0.2, -0.15) is 4.52 Å². The molecule has 1 spiro atoms. The van der Waals surface area contributed by atoms with E-state index in [2.05, 4.69) is 0 Å². The van der Waals surface area contributed by atoms with E-state index < -0.39 is 12.8 Å². The van der Waals surface area contributed by atoms with Gasteiger partial charge in [0, 0.05) is 0 Å². The van der Waals surface area contributed by atoms with Crippen molar-refractivity contribution in [1.82, 2.24) is 0 Å². The van der Waals surface area contributed by atoms with E-state index in [9.17, 15) is 0 Å². The van der Waals surface area contributed by atoms with Gasteiger partial charge >= 0.3 is 7.94 Å². The van der Waals surface area contributed by atoms with Gasteiger partial charge in [-0.15, -0.1) is 11.6 Å². The zero-order chi connectivity index (χ0) is 13.8. The first-order valence-corrected chi connectivity index (χ1v) is 9.11. The Kier molecular flexibility index (Phi) is 2.98. The van der Waals surface area contributed by atoms with Crippen LogP contribution in [0, 0.1) is 0 Å². The lowest BCUT2D eigenvalue weighted by atomic mass is 9.85. The van der Waals surface area contributed by atoms with Crippen LogP contribution in [0.3, 0.4) is 0 Å². The first kappa shape index (κ1) is 13.2. The summed E-state index contributed by atoms with van der Waals surface area (Å²) in [5.74, 6) is 3.18. The molecular weight excluding hydrogens is 318 g/mol. The Bertz CT molecular complexity index is 567. The molecule has 3 nitrogen and oxygen atoms in total. The summed E-state index contributed by atoms with van der Waals surface area (Å²) in [6, 6.07) is 7.56. The van der Waals surface area contributed by atoms with Crippen LogP contribution in [0.15, 0.2) is 35.1 Å². The fraction of sp³-hybridized carbons (Fsp3) is 0.429. The second-order valence-electron chi connectivity index (χ2n) is 5.35. The van der Waals surface area contributed by atoms with Gasteiger partial charge in [0.1, 0.15) is 11.0 Å². The zero-order valence-electron chi connectivity index (χ0n) is 10.7. The minimum Gasteiger partial charge on any atom is -0.270 e. The summed E-state index contributed by atoms with van der Waals surface area (Å²) in [5.41, 5.74) is 0. The average Bonchev–Trinajstić information content (AvgIpc) is 2.78. The maximum absolute atomic E-state index is 6.68. The summed E-state index contributed by atoms with van der Waals surface area (Å²) < 4.78 is 18.1. The average molecular weight is 332 g/mol. The highest BCUT2D eigenvalue weighted by Gasteiger charge is 2.63. The van der Waals surface area contributed by atoms with E-state index in [1.54, 1.807) is 5.82 Å². The third-order valence-electron chi connectivity index (χ3n) is 4.01. The summed E-state index contributed by atoms with van der Waals surface area (Å²) in [7, 11) is -2.59. The first-order valence-electron chi connectivity index (χ1n) is 6.74. The van der Waals surface area contributed by atoms with Crippen molar-refractivity contribution in [2.45, 2.75) is 36.7 Å². The van der Waals surface area contributed by atoms with Crippen molar-refractivity contribution in [3.05, 3.63) is 35.1 Å². The standard InChI is InChI=1S/C14H14Cl2O3P/c15-12-9-20(17-10-5-1-2-6-11(10)18-20)19-13-7-3-4-8-14(12,13)16/h1-2,5-6,9,13H,3-4,7-8H2/q+1. The lowest BCUT2D eigenvalue weighted by Crippen LogP contribution is -2.44. The second-order valence-corrected chi connectivity index (χ2v) is 8.34. The Balaban J connectivity index is 1.72. The Labute approximate surface area is 128 Å². The van der Waals surface area contributed by atoms with Gasteiger partial charge in [-0.1, -0.05) is 36.6 Å². The van der Waals surface area contributed by atoms with E-state index in [-0.39, 0.29) is 6.10 Å².